The van der Waals surface area contributed by atoms with Crippen molar-refractivity contribution in [2.24, 2.45) is 5.92 Å². The van der Waals surface area contributed by atoms with Crippen LogP contribution in [0.3, 0.4) is 0 Å². The minimum absolute atomic E-state index is 0. The Morgan fingerprint density at radius 2 is 1.46 bits per heavy atom. The second kappa shape index (κ2) is 10.1. The lowest BCUT2D eigenvalue weighted by Crippen LogP contribution is -2.40. The van der Waals surface area contributed by atoms with Crippen molar-refractivity contribution in [3.8, 4) is 0 Å². The standard InChI is InChI=1S/C24H30N2O.ClH/c27-24(26-14-13-22-11-12-23(18-26)25-22)17-21(15-19-7-3-1-4-8-19)16-20-9-5-2-6-10-20;/h1-10,21-23,25H,11-18H2;1H. The number of amides is 1. The largest absolute Gasteiger partial charge is 0.341 e. The molecular weight excluding hydrogens is 368 g/mol. The Hall–Kier alpha value is -1.84. The van der Waals surface area contributed by atoms with E-state index >= 15 is 0 Å². The van der Waals surface area contributed by atoms with Gasteiger partial charge in [-0.3, -0.25) is 4.79 Å². The third-order valence-electron chi connectivity index (χ3n) is 6.07. The average molecular weight is 399 g/mol. The molecule has 4 rings (SSSR count). The van der Waals surface area contributed by atoms with E-state index in [9.17, 15) is 4.79 Å². The summed E-state index contributed by atoms with van der Waals surface area (Å²) in [7, 11) is 0. The summed E-state index contributed by atoms with van der Waals surface area (Å²) in [6.45, 7) is 1.80. The average Bonchev–Trinajstić information content (AvgIpc) is 3.02. The lowest BCUT2D eigenvalue weighted by atomic mass is 9.89. The molecule has 0 aromatic heterocycles. The van der Waals surface area contributed by atoms with E-state index in [1.165, 1.54) is 24.0 Å². The molecular formula is C24H31ClN2O. The Bertz CT molecular complexity index is 695. The normalized spacial score (nSPS) is 21.2. The van der Waals surface area contributed by atoms with Crippen LogP contribution in [0.25, 0.3) is 0 Å². The Labute approximate surface area is 174 Å². The molecule has 0 spiro atoms. The number of hydrogen-bond acceptors (Lipinski definition) is 2. The van der Waals surface area contributed by atoms with E-state index in [0.29, 0.717) is 30.3 Å². The van der Waals surface area contributed by atoms with Gasteiger partial charge in [0.15, 0.2) is 0 Å². The molecule has 1 amide bonds. The molecule has 0 radical (unpaired) electrons. The molecule has 2 atom stereocenters. The summed E-state index contributed by atoms with van der Waals surface area (Å²) in [5.74, 6) is 0.678. The van der Waals surface area contributed by atoms with Gasteiger partial charge in [0.2, 0.25) is 5.91 Å². The monoisotopic (exact) mass is 398 g/mol. The van der Waals surface area contributed by atoms with E-state index in [2.05, 4.69) is 70.9 Å². The predicted octanol–water partition coefficient (Wildman–Crippen LogP) is 4.25. The number of likely N-dealkylation sites (tertiary alicyclic amines) is 1. The second-order valence-corrected chi connectivity index (χ2v) is 8.22. The first-order chi connectivity index (χ1) is 13.3. The van der Waals surface area contributed by atoms with Crippen molar-refractivity contribution in [3.05, 3.63) is 71.8 Å². The van der Waals surface area contributed by atoms with Crippen LogP contribution in [0.15, 0.2) is 60.7 Å². The maximum Gasteiger partial charge on any atom is 0.222 e. The van der Waals surface area contributed by atoms with Gasteiger partial charge in [0.05, 0.1) is 0 Å². The topological polar surface area (TPSA) is 32.3 Å². The van der Waals surface area contributed by atoms with Crippen LogP contribution in [0.5, 0.6) is 0 Å². The maximum atomic E-state index is 13.1. The number of nitrogens with one attached hydrogen (secondary N) is 1. The third-order valence-corrected chi connectivity index (χ3v) is 6.07. The van der Waals surface area contributed by atoms with E-state index in [4.69, 9.17) is 0 Å². The van der Waals surface area contributed by atoms with E-state index in [1.54, 1.807) is 0 Å². The molecule has 2 aromatic carbocycles. The van der Waals surface area contributed by atoms with E-state index in [1.807, 2.05) is 0 Å². The first kappa shape index (κ1) is 20.9. The first-order valence-corrected chi connectivity index (χ1v) is 10.4. The first-order valence-electron chi connectivity index (χ1n) is 10.4. The predicted molar refractivity (Wildman–Crippen MR) is 117 cm³/mol. The van der Waals surface area contributed by atoms with Crippen molar-refractivity contribution >= 4 is 18.3 Å². The lowest BCUT2D eigenvalue weighted by Gasteiger charge is -2.27. The highest BCUT2D eigenvalue weighted by Crippen LogP contribution is 2.23. The van der Waals surface area contributed by atoms with Crippen molar-refractivity contribution in [2.45, 2.75) is 50.6 Å². The molecule has 150 valence electrons. The number of benzene rings is 2. The van der Waals surface area contributed by atoms with Gasteiger partial charge in [-0.05, 0) is 49.1 Å². The fourth-order valence-electron chi connectivity index (χ4n) is 4.66. The molecule has 4 heteroatoms. The quantitative estimate of drug-likeness (QED) is 0.788. The van der Waals surface area contributed by atoms with Crippen LogP contribution in [0.1, 0.15) is 36.8 Å². The Morgan fingerprint density at radius 1 is 0.893 bits per heavy atom. The van der Waals surface area contributed by atoms with Crippen LogP contribution in [0.2, 0.25) is 0 Å². The van der Waals surface area contributed by atoms with Crippen LogP contribution in [0, 0.1) is 5.92 Å². The number of nitrogens with zero attached hydrogens (tertiary/aromatic N) is 1. The Morgan fingerprint density at radius 3 is 2.07 bits per heavy atom. The Kier molecular flexibility index (Phi) is 7.52. The molecule has 28 heavy (non-hydrogen) atoms. The molecule has 2 aliphatic rings. The van der Waals surface area contributed by atoms with Gasteiger partial charge in [-0.25, -0.2) is 0 Å². The van der Waals surface area contributed by atoms with Gasteiger partial charge in [0, 0.05) is 31.6 Å². The van der Waals surface area contributed by atoms with Gasteiger partial charge in [0.1, 0.15) is 0 Å². The zero-order valence-corrected chi connectivity index (χ0v) is 17.2. The molecule has 2 saturated heterocycles. The minimum Gasteiger partial charge on any atom is -0.341 e. The van der Waals surface area contributed by atoms with Gasteiger partial charge < -0.3 is 10.2 Å². The number of carbonyl (C=O) groups excluding carboxylic acids is 1. The fourth-order valence-corrected chi connectivity index (χ4v) is 4.66. The van der Waals surface area contributed by atoms with Crippen molar-refractivity contribution in [3.63, 3.8) is 0 Å². The summed E-state index contributed by atoms with van der Waals surface area (Å²) >= 11 is 0. The highest BCUT2D eigenvalue weighted by molar-refractivity contribution is 5.85. The van der Waals surface area contributed by atoms with E-state index < -0.39 is 0 Å². The lowest BCUT2D eigenvalue weighted by molar-refractivity contribution is -0.132. The molecule has 2 fully saturated rings. The van der Waals surface area contributed by atoms with Crippen LogP contribution < -0.4 is 5.32 Å². The number of fused-ring (bicyclic) bond motifs is 2. The highest BCUT2D eigenvalue weighted by Gasteiger charge is 2.31. The maximum absolute atomic E-state index is 13.1. The molecule has 3 nitrogen and oxygen atoms in total. The zero-order valence-electron chi connectivity index (χ0n) is 16.4. The molecule has 1 N–H and O–H groups in total. The Balaban J connectivity index is 0.00000225. The summed E-state index contributed by atoms with van der Waals surface area (Å²) < 4.78 is 0. The number of carbonyl (C=O) groups is 1. The van der Waals surface area contributed by atoms with Gasteiger partial charge in [-0.1, -0.05) is 60.7 Å². The fraction of sp³-hybridized carbons (Fsp3) is 0.458. The van der Waals surface area contributed by atoms with Crippen molar-refractivity contribution < 1.29 is 4.79 Å². The number of hydrogen-bond donors (Lipinski definition) is 1. The van der Waals surface area contributed by atoms with Crippen molar-refractivity contribution in [2.75, 3.05) is 13.1 Å². The summed E-state index contributed by atoms with van der Waals surface area (Å²) in [5, 5.41) is 3.68. The molecule has 2 heterocycles. The number of halogens is 1. The molecule has 2 aliphatic heterocycles. The third kappa shape index (κ3) is 5.59. The van der Waals surface area contributed by atoms with E-state index in [-0.39, 0.29) is 12.4 Å². The van der Waals surface area contributed by atoms with Gasteiger partial charge >= 0.3 is 0 Å². The minimum atomic E-state index is 0. The van der Waals surface area contributed by atoms with Crippen LogP contribution in [-0.2, 0) is 17.6 Å². The molecule has 2 unspecified atom stereocenters. The summed E-state index contributed by atoms with van der Waals surface area (Å²) in [6, 6.07) is 22.3. The van der Waals surface area contributed by atoms with E-state index in [0.717, 1.165) is 32.4 Å². The summed E-state index contributed by atoms with van der Waals surface area (Å²) in [6.07, 6.45) is 6.15. The van der Waals surface area contributed by atoms with Crippen LogP contribution in [-0.4, -0.2) is 36.0 Å². The SMILES string of the molecule is Cl.O=C(CC(Cc1ccccc1)Cc1ccccc1)N1CCC2CCC(C1)N2. The zero-order chi connectivity index (χ0) is 18.5. The van der Waals surface area contributed by atoms with Crippen LogP contribution in [0.4, 0.5) is 0 Å². The molecule has 2 aromatic rings. The van der Waals surface area contributed by atoms with Gasteiger partial charge in [-0.2, -0.15) is 0 Å². The highest BCUT2D eigenvalue weighted by atomic mass is 35.5. The van der Waals surface area contributed by atoms with Crippen molar-refractivity contribution in [1.82, 2.24) is 10.2 Å². The molecule has 2 bridgehead atoms. The smallest absolute Gasteiger partial charge is 0.222 e. The molecule has 0 aliphatic carbocycles. The molecule has 0 saturated carbocycles. The van der Waals surface area contributed by atoms with Gasteiger partial charge in [-0.15, -0.1) is 12.4 Å². The van der Waals surface area contributed by atoms with Crippen LogP contribution >= 0.6 is 12.4 Å². The van der Waals surface area contributed by atoms with Gasteiger partial charge in [0.25, 0.3) is 0 Å². The van der Waals surface area contributed by atoms with Crippen molar-refractivity contribution in [1.29, 1.82) is 0 Å². The summed E-state index contributed by atoms with van der Waals surface area (Å²) in [5.41, 5.74) is 2.64. The second-order valence-electron chi connectivity index (χ2n) is 8.22. The summed E-state index contributed by atoms with van der Waals surface area (Å²) in [4.78, 5) is 15.2. The number of rotatable bonds is 6.